The molecule has 68 valence electrons. The van der Waals surface area contributed by atoms with Gasteiger partial charge in [0.1, 0.15) is 0 Å². The number of hydrogen-bond donors (Lipinski definition) is 0. The average Bonchev–Trinajstić information content (AvgIpc) is 1.88. The summed E-state index contributed by atoms with van der Waals surface area (Å²) in [5, 5.41) is 35.7. The van der Waals surface area contributed by atoms with Crippen molar-refractivity contribution in [3.05, 3.63) is 0 Å². The zero-order valence-electron chi connectivity index (χ0n) is 9.27. The van der Waals surface area contributed by atoms with Crippen molar-refractivity contribution < 1.29 is 115 Å². The number of hydrogen-bond acceptors (Lipinski definition) is 8. The minimum Gasteiger partial charge on any atom is -0.543 e. The summed E-state index contributed by atoms with van der Waals surface area (Å²) in [5.41, 5.74) is 0. The van der Waals surface area contributed by atoms with Crippen LogP contribution >= 0.6 is 0 Å². The van der Waals surface area contributed by atoms with E-state index in [9.17, 15) is 0 Å². The molecule has 12 heteroatoms. The number of carbonyl (C=O) groups excluding carboxylic acids is 4. The van der Waals surface area contributed by atoms with Crippen molar-refractivity contribution in [2.24, 2.45) is 0 Å². The van der Waals surface area contributed by atoms with Gasteiger partial charge in [-0.05, 0) is 0 Å². The topological polar surface area (TPSA) is 161 Å². The predicted molar refractivity (Wildman–Crippen MR) is 20.0 cm³/mol. The molecule has 0 fully saturated rings. The molecule has 0 saturated heterocycles. The Bertz CT molecular complexity index is 180. The van der Waals surface area contributed by atoms with Crippen LogP contribution in [0, 0.1) is 0 Å². The van der Waals surface area contributed by atoms with Crippen molar-refractivity contribution in [3.63, 3.8) is 0 Å². The number of aliphatic carboxylic acids is 4. The van der Waals surface area contributed by atoms with E-state index in [0.29, 0.717) is 0 Å². The Hall–Kier alpha value is 0.270. The van der Waals surface area contributed by atoms with Gasteiger partial charge in [0.15, 0.2) is 0 Å². The van der Waals surface area contributed by atoms with Gasteiger partial charge in [-0.3, -0.25) is 0 Å². The second kappa shape index (κ2) is 20.7. The predicted octanol–water partition coefficient (Wildman–Crippen LogP) is -19.0. The summed E-state index contributed by atoms with van der Waals surface area (Å²) < 4.78 is 0. The minimum absolute atomic E-state index is 0. The third-order valence-corrected chi connectivity index (χ3v) is 0.333. The van der Waals surface area contributed by atoms with Crippen molar-refractivity contribution in [2.75, 3.05) is 0 Å². The molecule has 0 spiro atoms. The number of rotatable bonds is 0. The van der Waals surface area contributed by atoms with Gasteiger partial charge in [-0.1, -0.05) is 0 Å². The maximum absolute atomic E-state index is 8.93. The summed E-state index contributed by atoms with van der Waals surface area (Å²) in [6.07, 6.45) is 0. The smallest absolute Gasteiger partial charge is 0.543 e. The fourth-order valence-electron chi connectivity index (χ4n) is 0. The Balaban J connectivity index is -0.0000000250. The van der Waals surface area contributed by atoms with Crippen LogP contribution < -0.4 is 95.9 Å². The van der Waals surface area contributed by atoms with Crippen molar-refractivity contribution in [1.29, 1.82) is 0 Å². The van der Waals surface area contributed by atoms with Gasteiger partial charge in [-0.2, -0.15) is 0 Å². The van der Waals surface area contributed by atoms with Gasteiger partial charge >= 0.3 is 75.4 Å². The monoisotopic (exact) mass is 204 g/mol. The van der Waals surface area contributed by atoms with E-state index in [-0.39, 0.29) is 75.4 Å². The molecule has 0 radical (unpaired) electrons. The van der Waals surface area contributed by atoms with Gasteiger partial charge in [0.2, 0.25) is 0 Å². The van der Waals surface area contributed by atoms with Gasteiger partial charge in [0.05, 0.1) is 23.9 Å². The third kappa shape index (κ3) is 36.7. The second-order valence-corrected chi connectivity index (χ2v) is 1.15. The van der Waals surface area contributed by atoms with Gasteiger partial charge in [-0.15, -0.1) is 0 Å². The Labute approximate surface area is 138 Å². The molecular weight excluding hydrogens is 204 g/mol. The normalized spacial score (nSPS) is 5.50. The largest absolute Gasteiger partial charge is 1.00 e. The first-order valence-electron chi connectivity index (χ1n) is 2.13. The Morgan fingerprint density at radius 3 is 0.500 bits per heavy atom. The van der Waals surface area contributed by atoms with Crippen LogP contribution in [0.5, 0.6) is 0 Å². The zero-order chi connectivity index (χ0) is 10.3. The average molecular weight is 204 g/mol. The van der Waals surface area contributed by atoms with Gasteiger partial charge in [0, 0.05) is 0 Å². The molecule has 0 rings (SSSR count). The van der Waals surface area contributed by atoms with Crippen LogP contribution in [-0.2, 0) is 19.2 Å². The number of carboxylic acids is 4. The summed E-state index contributed by atoms with van der Waals surface area (Å²) >= 11 is 0. The van der Waals surface area contributed by atoms with Crippen LogP contribution in [0.15, 0.2) is 0 Å². The van der Waals surface area contributed by atoms with Crippen molar-refractivity contribution in [3.8, 4) is 0 Å². The summed E-state index contributed by atoms with van der Waals surface area (Å²) in [4.78, 5) is 35.7. The molecule has 0 heterocycles. The molecule has 0 unspecified atom stereocenters. The maximum atomic E-state index is 8.93. The molecule has 8 nitrogen and oxygen atoms in total. The molecule has 0 amide bonds. The maximum Gasteiger partial charge on any atom is 1.00 e. The van der Waals surface area contributed by atoms with Crippen LogP contribution in [0.3, 0.4) is 0 Å². The Kier molecular flexibility index (Phi) is 46.4. The molecule has 0 aliphatic carbocycles. The summed E-state index contributed by atoms with van der Waals surface area (Å²) in [6.45, 7) is 0. The molecule has 0 aliphatic rings. The van der Waals surface area contributed by atoms with E-state index in [1.165, 1.54) is 0 Å². The SMILES string of the molecule is O=C([O-])C(=O)[O-].O=C([O-])C(=O)[O-].[Li+].[Li+].[Li+].[Li+]. The van der Waals surface area contributed by atoms with E-state index in [0.717, 1.165) is 0 Å². The van der Waals surface area contributed by atoms with Crippen LogP contribution in [0.1, 0.15) is 0 Å². The van der Waals surface area contributed by atoms with Crippen LogP contribution in [0.2, 0.25) is 0 Å². The Morgan fingerprint density at radius 2 is 0.500 bits per heavy atom. The summed E-state index contributed by atoms with van der Waals surface area (Å²) in [7, 11) is 0. The first-order chi connectivity index (χ1) is 5.29. The van der Waals surface area contributed by atoms with Gasteiger partial charge in [-0.25, -0.2) is 0 Å². The van der Waals surface area contributed by atoms with Crippen molar-refractivity contribution in [1.82, 2.24) is 0 Å². The van der Waals surface area contributed by atoms with Crippen molar-refractivity contribution in [2.45, 2.75) is 0 Å². The molecule has 0 bridgehead atoms. The van der Waals surface area contributed by atoms with Crippen LogP contribution in [0.25, 0.3) is 0 Å². The quantitative estimate of drug-likeness (QED) is 0.277. The van der Waals surface area contributed by atoms with E-state index in [1.54, 1.807) is 0 Å². The van der Waals surface area contributed by atoms with Gasteiger partial charge in [0.25, 0.3) is 0 Å². The molecule has 0 atom stereocenters. The second-order valence-electron chi connectivity index (χ2n) is 1.15. The van der Waals surface area contributed by atoms with E-state index >= 15 is 0 Å². The molecular formula is C4Li4O8. The van der Waals surface area contributed by atoms with Crippen molar-refractivity contribution >= 4 is 23.9 Å². The van der Waals surface area contributed by atoms with Crippen LogP contribution in [0.4, 0.5) is 0 Å². The standard InChI is InChI=1S/2C2H2O4.4Li/c2*3-1(4)2(5)6;;;;/h2*(H,3,4)(H,5,6);;;;/q;;4*+1/p-4. The molecule has 0 aromatic heterocycles. The van der Waals surface area contributed by atoms with E-state index in [1.807, 2.05) is 0 Å². The first kappa shape index (κ1) is 36.0. The van der Waals surface area contributed by atoms with Crippen LogP contribution in [-0.4, -0.2) is 23.9 Å². The minimum atomic E-state index is -2.19. The summed E-state index contributed by atoms with van der Waals surface area (Å²) in [5.74, 6) is -8.74. The molecule has 0 N–H and O–H groups in total. The fraction of sp³-hybridized carbons (Fsp3) is 0. The molecule has 16 heavy (non-hydrogen) atoms. The number of carboxylic acid groups (broad SMARTS) is 4. The van der Waals surface area contributed by atoms with E-state index in [2.05, 4.69) is 0 Å². The first-order valence-corrected chi connectivity index (χ1v) is 2.13. The fourth-order valence-corrected chi connectivity index (χ4v) is 0. The molecule has 0 aromatic rings. The molecule has 0 aliphatic heterocycles. The van der Waals surface area contributed by atoms with Gasteiger partial charge < -0.3 is 39.6 Å². The molecule has 0 saturated carbocycles. The van der Waals surface area contributed by atoms with E-state index in [4.69, 9.17) is 39.6 Å². The third-order valence-electron chi connectivity index (χ3n) is 0.333. The molecule has 0 aromatic carbocycles. The van der Waals surface area contributed by atoms with E-state index < -0.39 is 23.9 Å². The summed E-state index contributed by atoms with van der Waals surface area (Å²) in [6, 6.07) is 0. The zero-order valence-corrected chi connectivity index (χ0v) is 9.27. The Morgan fingerprint density at radius 1 is 0.438 bits per heavy atom. The number of carbonyl (C=O) groups is 4.